The Morgan fingerprint density at radius 3 is 2.31 bits per heavy atom. The van der Waals surface area contributed by atoms with Gasteiger partial charge in [0, 0.05) is 23.6 Å². The number of hydrogen-bond donors (Lipinski definition) is 1. The molecule has 11 heteroatoms. The quantitative estimate of drug-likeness (QED) is 0.528. The molecule has 1 heterocycles. The van der Waals surface area contributed by atoms with E-state index < -0.39 is 35.0 Å². The minimum atomic E-state index is -6.19. The van der Waals surface area contributed by atoms with E-state index in [9.17, 15) is 40.3 Å². The van der Waals surface area contributed by atoms with Gasteiger partial charge < -0.3 is 10.0 Å². The molecule has 1 saturated heterocycles. The summed E-state index contributed by atoms with van der Waals surface area (Å²) in [5, 5.41) is 9.15. The predicted octanol–water partition coefficient (Wildman–Crippen LogP) is 5.72. The third kappa shape index (κ3) is 4.02. The molecule has 1 fully saturated rings. The molecular weight excluding hydrogens is 495 g/mol. The van der Waals surface area contributed by atoms with Gasteiger partial charge in [-0.3, -0.25) is 4.79 Å². The molecule has 0 saturated carbocycles. The highest BCUT2D eigenvalue weighted by Crippen LogP contribution is 2.55. The molecule has 2 aliphatic rings. The monoisotopic (exact) mass is 517 g/mol. The molecule has 2 atom stereocenters. The van der Waals surface area contributed by atoms with Crippen molar-refractivity contribution in [1.82, 2.24) is 4.90 Å². The lowest BCUT2D eigenvalue weighted by molar-refractivity contribution is -0.348. The van der Waals surface area contributed by atoms with Gasteiger partial charge >= 0.3 is 24.0 Å². The van der Waals surface area contributed by atoms with Crippen LogP contribution in [0.4, 0.5) is 30.7 Å². The Bertz CT molecular complexity index is 1190. The zero-order chi connectivity index (χ0) is 26.7. The van der Waals surface area contributed by atoms with E-state index in [1.165, 1.54) is 18.2 Å². The van der Waals surface area contributed by atoms with E-state index in [1.54, 1.807) is 17.9 Å². The fraction of sp³-hybridized carbons (Fsp3) is 0.440. The molecule has 0 aromatic heterocycles. The molecule has 0 spiro atoms. The number of alkyl halides is 7. The summed E-state index contributed by atoms with van der Waals surface area (Å²) in [5.41, 5.74) is -6.49. The normalized spacial score (nSPS) is 22.2. The smallest absolute Gasteiger partial charge is 0.435 e. The number of amides is 1. The molecule has 2 unspecified atom stereocenters. The van der Waals surface area contributed by atoms with Gasteiger partial charge in [-0.15, -0.1) is 0 Å². The van der Waals surface area contributed by atoms with Crippen LogP contribution in [-0.2, 0) is 28.7 Å². The van der Waals surface area contributed by atoms with Crippen LogP contribution in [-0.4, -0.2) is 46.8 Å². The molecule has 1 aliphatic heterocycles. The zero-order valence-corrected chi connectivity index (χ0v) is 19.0. The molecule has 4 rings (SSSR count). The van der Waals surface area contributed by atoms with Crippen LogP contribution in [0.25, 0.3) is 0 Å². The standard InChI is InChI=1S/C25H22F7NO3/c1-22-9-10-33(20(34)12-14-3-2-4-16(11-14)21(35)36)19(22)8-5-15-13-17(6-7-18(15)22)23(26,24(27,28)29)25(30,31)32/h2-4,6-7,11,13,19H,5,8-10,12H2,1H3,(H,35,36). The predicted molar refractivity (Wildman–Crippen MR) is 114 cm³/mol. The Morgan fingerprint density at radius 1 is 1.03 bits per heavy atom. The summed E-state index contributed by atoms with van der Waals surface area (Å²) in [5.74, 6) is -1.39. The number of aryl methyl sites for hydroxylation is 1. The molecule has 0 radical (unpaired) electrons. The molecule has 4 nitrogen and oxygen atoms in total. The number of benzene rings is 2. The fourth-order valence-electron chi connectivity index (χ4n) is 5.55. The second-order valence-corrected chi connectivity index (χ2v) is 9.52. The van der Waals surface area contributed by atoms with Crippen molar-refractivity contribution in [2.24, 2.45) is 0 Å². The van der Waals surface area contributed by atoms with Crippen LogP contribution in [0.5, 0.6) is 0 Å². The van der Waals surface area contributed by atoms with Crippen LogP contribution in [0, 0.1) is 0 Å². The summed E-state index contributed by atoms with van der Waals surface area (Å²) in [4.78, 5) is 25.9. The van der Waals surface area contributed by atoms with Gasteiger partial charge in [0.05, 0.1) is 12.0 Å². The van der Waals surface area contributed by atoms with Crippen molar-refractivity contribution >= 4 is 11.9 Å². The fourth-order valence-corrected chi connectivity index (χ4v) is 5.55. The van der Waals surface area contributed by atoms with Gasteiger partial charge in [-0.05, 0) is 48.1 Å². The van der Waals surface area contributed by atoms with Gasteiger partial charge in [-0.1, -0.05) is 37.3 Å². The van der Waals surface area contributed by atoms with Crippen molar-refractivity contribution in [3.63, 3.8) is 0 Å². The van der Waals surface area contributed by atoms with Gasteiger partial charge in [-0.25, -0.2) is 9.18 Å². The van der Waals surface area contributed by atoms with Crippen LogP contribution >= 0.6 is 0 Å². The molecule has 0 bridgehead atoms. The van der Waals surface area contributed by atoms with E-state index in [-0.39, 0.29) is 42.3 Å². The number of carbonyl (C=O) groups excluding carboxylic acids is 1. The molecule has 2 aromatic carbocycles. The number of rotatable bonds is 4. The van der Waals surface area contributed by atoms with Crippen molar-refractivity contribution in [1.29, 1.82) is 0 Å². The average Bonchev–Trinajstić information content (AvgIpc) is 3.14. The van der Waals surface area contributed by atoms with E-state index in [4.69, 9.17) is 5.11 Å². The number of carbonyl (C=O) groups is 2. The van der Waals surface area contributed by atoms with Gasteiger partial charge in [-0.2, -0.15) is 26.3 Å². The number of hydrogen-bond acceptors (Lipinski definition) is 2. The Labute approximate surface area is 201 Å². The zero-order valence-electron chi connectivity index (χ0n) is 19.0. The van der Waals surface area contributed by atoms with Crippen molar-refractivity contribution in [3.8, 4) is 0 Å². The van der Waals surface area contributed by atoms with E-state index in [1.807, 2.05) is 0 Å². The second kappa shape index (κ2) is 8.48. The van der Waals surface area contributed by atoms with Gasteiger partial charge in [0.15, 0.2) is 0 Å². The first kappa shape index (κ1) is 26.0. The Balaban J connectivity index is 1.62. The first-order chi connectivity index (χ1) is 16.6. The van der Waals surface area contributed by atoms with E-state index in [2.05, 4.69) is 0 Å². The van der Waals surface area contributed by atoms with Gasteiger partial charge in [0.25, 0.3) is 0 Å². The van der Waals surface area contributed by atoms with Crippen LogP contribution < -0.4 is 0 Å². The van der Waals surface area contributed by atoms with Crippen LogP contribution in [0.1, 0.15) is 52.4 Å². The summed E-state index contributed by atoms with van der Waals surface area (Å²) < 4.78 is 93.9. The number of carboxylic acid groups (broad SMARTS) is 1. The maximum absolute atomic E-state index is 14.6. The summed E-state index contributed by atoms with van der Waals surface area (Å²) >= 11 is 0. The molecular formula is C25H22F7NO3. The topological polar surface area (TPSA) is 57.6 Å². The van der Waals surface area contributed by atoms with Crippen molar-refractivity contribution in [3.05, 3.63) is 70.3 Å². The van der Waals surface area contributed by atoms with Gasteiger partial charge in [0.1, 0.15) is 0 Å². The first-order valence-corrected chi connectivity index (χ1v) is 11.2. The molecule has 2 aromatic rings. The Hall–Kier alpha value is -3.11. The molecule has 1 aliphatic carbocycles. The number of halogens is 7. The van der Waals surface area contributed by atoms with E-state index in [0.29, 0.717) is 36.2 Å². The first-order valence-electron chi connectivity index (χ1n) is 11.2. The van der Waals surface area contributed by atoms with Crippen LogP contribution in [0.15, 0.2) is 42.5 Å². The lowest BCUT2D eigenvalue weighted by Gasteiger charge is -2.41. The highest BCUT2D eigenvalue weighted by atomic mass is 19.4. The van der Waals surface area contributed by atoms with Crippen LogP contribution in [0.3, 0.4) is 0 Å². The highest BCUT2D eigenvalue weighted by Gasteiger charge is 2.73. The maximum Gasteiger partial charge on any atom is 0.435 e. The summed E-state index contributed by atoms with van der Waals surface area (Å²) in [6.07, 6.45) is -11.6. The number of nitrogens with zero attached hydrogens (tertiary/aromatic N) is 1. The van der Waals surface area contributed by atoms with Crippen molar-refractivity contribution < 1.29 is 45.4 Å². The lowest BCUT2D eigenvalue weighted by Crippen LogP contribution is -2.51. The Kier molecular flexibility index (Phi) is 6.12. The molecule has 1 amide bonds. The Morgan fingerprint density at radius 2 is 1.69 bits per heavy atom. The third-order valence-electron chi connectivity index (χ3n) is 7.42. The molecule has 36 heavy (non-hydrogen) atoms. The number of likely N-dealkylation sites (tertiary alicyclic amines) is 1. The number of aromatic carboxylic acids is 1. The van der Waals surface area contributed by atoms with E-state index >= 15 is 0 Å². The summed E-state index contributed by atoms with van der Waals surface area (Å²) in [6.45, 7) is 2.11. The minimum absolute atomic E-state index is 0.0376. The van der Waals surface area contributed by atoms with Gasteiger partial charge in [0.2, 0.25) is 5.91 Å². The summed E-state index contributed by atoms with van der Waals surface area (Å²) in [7, 11) is 0. The van der Waals surface area contributed by atoms with E-state index in [0.717, 1.165) is 6.07 Å². The number of carboxylic acids is 1. The number of fused-ring (bicyclic) bond motifs is 3. The molecule has 1 N–H and O–H groups in total. The third-order valence-corrected chi connectivity index (χ3v) is 7.42. The van der Waals surface area contributed by atoms with Crippen molar-refractivity contribution in [2.75, 3.05) is 6.54 Å². The minimum Gasteiger partial charge on any atom is -0.478 e. The lowest BCUT2D eigenvalue weighted by atomic mass is 9.67. The van der Waals surface area contributed by atoms with Crippen LogP contribution in [0.2, 0.25) is 0 Å². The van der Waals surface area contributed by atoms with Crippen molar-refractivity contribution in [2.45, 2.75) is 62.1 Å². The second-order valence-electron chi connectivity index (χ2n) is 9.52. The molecule has 194 valence electrons. The SMILES string of the molecule is CC12CCN(C(=O)Cc3cccc(C(=O)O)c3)C1CCc1cc(C(F)(C(F)(F)F)C(F)(F)F)ccc12. The largest absolute Gasteiger partial charge is 0.478 e. The summed E-state index contributed by atoms with van der Waals surface area (Å²) in [6, 6.07) is 7.91. The maximum atomic E-state index is 14.6. The average molecular weight is 517 g/mol. The highest BCUT2D eigenvalue weighted by molar-refractivity contribution is 5.88.